The first-order chi connectivity index (χ1) is 11.7. The van der Waals surface area contributed by atoms with Crippen LogP contribution < -0.4 is 5.32 Å². The molecule has 25 heavy (non-hydrogen) atoms. The van der Waals surface area contributed by atoms with Gasteiger partial charge in [-0.1, -0.05) is 0 Å². The fourth-order valence-electron chi connectivity index (χ4n) is 2.41. The second kappa shape index (κ2) is 5.69. The number of hydrogen-bond acceptors (Lipinski definition) is 6. The third-order valence-corrected chi connectivity index (χ3v) is 3.35. The molecule has 3 aromatic rings. The van der Waals surface area contributed by atoms with Crippen molar-refractivity contribution in [2.75, 3.05) is 5.32 Å². The Morgan fingerprint density at radius 2 is 1.92 bits per heavy atom. The average molecular weight is 343 g/mol. The van der Waals surface area contributed by atoms with Crippen molar-refractivity contribution in [1.29, 1.82) is 0 Å². The SMILES string of the molecule is Cc1ncc2c(NC(=O)OC(C)(C)C)nc3cnc(C(=O)O)cc3n12. The number of nitrogens with zero attached hydrogens (tertiary/aromatic N) is 4. The van der Waals surface area contributed by atoms with Crippen LogP contribution in [0.1, 0.15) is 37.1 Å². The molecule has 0 saturated heterocycles. The lowest BCUT2D eigenvalue weighted by molar-refractivity contribution is 0.0633. The van der Waals surface area contributed by atoms with E-state index in [1.807, 2.05) is 0 Å². The van der Waals surface area contributed by atoms with E-state index < -0.39 is 17.7 Å². The fourth-order valence-corrected chi connectivity index (χ4v) is 2.41. The number of aromatic nitrogens is 4. The maximum Gasteiger partial charge on any atom is 0.413 e. The highest BCUT2D eigenvalue weighted by atomic mass is 16.6. The Kier molecular flexibility index (Phi) is 3.78. The summed E-state index contributed by atoms with van der Waals surface area (Å²) >= 11 is 0. The van der Waals surface area contributed by atoms with Gasteiger partial charge >= 0.3 is 12.1 Å². The summed E-state index contributed by atoms with van der Waals surface area (Å²) in [5.41, 5.74) is 0.734. The molecule has 0 bridgehead atoms. The van der Waals surface area contributed by atoms with Crippen LogP contribution in [0.5, 0.6) is 0 Å². The number of hydrogen-bond donors (Lipinski definition) is 2. The number of aromatic carboxylic acids is 1. The molecule has 9 nitrogen and oxygen atoms in total. The highest BCUT2D eigenvalue weighted by Gasteiger charge is 2.20. The predicted octanol–water partition coefficient (Wildman–Crippen LogP) is 2.63. The van der Waals surface area contributed by atoms with Gasteiger partial charge in [0, 0.05) is 0 Å². The van der Waals surface area contributed by atoms with Crippen LogP contribution >= 0.6 is 0 Å². The van der Waals surface area contributed by atoms with Gasteiger partial charge in [0.2, 0.25) is 0 Å². The molecule has 0 fully saturated rings. The summed E-state index contributed by atoms with van der Waals surface area (Å²) in [6.45, 7) is 7.05. The molecular formula is C16H17N5O4. The largest absolute Gasteiger partial charge is 0.477 e. The average Bonchev–Trinajstić information content (AvgIpc) is 2.87. The Bertz CT molecular complexity index is 1000. The Balaban J connectivity index is 2.15. The van der Waals surface area contributed by atoms with Crippen LogP contribution in [0.25, 0.3) is 16.6 Å². The van der Waals surface area contributed by atoms with E-state index >= 15 is 0 Å². The monoisotopic (exact) mass is 343 g/mol. The summed E-state index contributed by atoms with van der Waals surface area (Å²) in [4.78, 5) is 35.7. The van der Waals surface area contributed by atoms with Gasteiger partial charge in [0.1, 0.15) is 28.2 Å². The van der Waals surface area contributed by atoms with Crippen molar-refractivity contribution < 1.29 is 19.4 Å². The van der Waals surface area contributed by atoms with Crippen molar-refractivity contribution in [2.24, 2.45) is 0 Å². The molecular weight excluding hydrogens is 326 g/mol. The van der Waals surface area contributed by atoms with Crippen molar-refractivity contribution in [3.05, 3.63) is 30.0 Å². The number of carboxylic acid groups (broad SMARTS) is 1. The predicted molar refractivity (Wildman–Crippen MR) is 89.8 cm³/mol. The molecule has 0 aliphatic heterocycles. The van der Waals surface area contributed by atoms with E-state index in [0.717, 1.165) is 0 Å². The molecule has 0 aliphatic carbocycles. The lowest BCUT2D eigenvalue weighted by Crippen LogP contribution is -2.27. The summed E-state index contributed by atoms with van der Waals surface area (Å²) < 4.78 is 6.96. The van der Waals surface area contributed by atoms with Gasteiger partial charge in [0.15, 0.2) is 5.82 Å². The molecule has 130 valence electrons. The van der Waals surface area contributed by atoms with Crippen LogP contribution in [0.3, 0.4) is 0 Å². The molecule has 3 rings (SSSR count). The number of fused-ring (bicyclic) bond motifs is 3. The Morgan fingerprint density at radius 3 is 2.56 bits per heavy atom. The van der Waals surface area contributed by atoms with Gasteiger partial charge in [0.25, 0.3) is 0 Å². The zero-order valence-electron chi connectivity index (χ0n) is 14.2. The second-order valence-corrected chi connectivity index (χ2v) is 6.48. The number of aryl methyl sites for hydroxylation is 1. The maximum absolute atomic E-state index is 12.1. The van der Waals surface area contributed by atoms with Crippen LogP contribution in [0.4, 0.5) is 10.6 Å². The van der Waals surface area contributed by atoms with E-state index in [0.29, 0.717) is 22.4 Å². The highest BCUT2D eigenvalue weighted by Crippen LogP contribution is 2.24. The number of carbonyl (C=O) groups is 2. The van der Waals surface area contributed by atoms with Crippen LogP contribution in [-0.4, -0.2) is 42.1 Å². The number of pyridine rings is 1. The van der Waals surface area contributed by atoms with Crippen molar-refractivity contribution in [1.82, 2.24) is 19.4 Å². The molecule has 0 aromatic carbocycles. The van der Waals surface area contributed by atoms with Crippen molar-refractivity contribution in [3.63, 3.8) is 0 Å². The van der Waals surface area contributed by atoms with Crippen molar-refractivity contribution in [3.8, 4) is 0 Å². The molecule has 1 amide bonds. The van der Waals surface area contributed by atoms with Crippen LogP contribution in [0, 0.1) is 6.92 Å². The van der Waals surface area contributed by atoms with E-state index in [9.17, 15) is 9.59 Å². The third kappa shape index (κ3) is 3.21. The normalized spacial score (nSPS) is 11.7. The van der Waals surface area contributed by atoms with Gasteiger partial charge < -0.3 is 9.84 Å². The number of nitrogens with one attached hydrogen (secondary N) is 1. The molecule has 0 radical (unpaired) electrons. The minimum Gasteiger partial charge on any atom is -0.477 e. The number of carbonyl (C=O) groups excluding carboxylic acids is 1. The molecule has 2 N–H and O–H groups in total. The Labute approximate surface area is 142 Å². The van der Waals surface area contributed by atoms with E-state index in [1.54, 1.807) is 38.3 Å². The first-order valence-corrected chi connectivity index (χ1v) is 7.53. The second-order valence-electron chi connectivity index (χ2n) is 6.48. The van der Waals surface area contributed by atoms with Crippen LogP contribution in [0.15, 0.2) is 18.5 Å². The number of ether oxygens (including phenoxy) is 1. The molecule has 0 spiro atoms. The molecule has 0 saturated carbocycles. The summed E-state index contributed by atoms with van der Waals surface area (Å²) in [5.74, 6) is -0.256. The minimum absolute atomic E-state index is 0.100. The fraction of sp³-hybridized carbons (Fsp3) is 0.312. The number of amides is 1. The van der Waals surface area contributed by atoms with Gasteiger partial charge in [0.05, 0.1) is 17.9 Å². The molecule has 0 aliphatic rings. The molecule has 9 heteroatoms. The first kappa shape index (κ1) is 16.6. The Hall–Kier alpha value is -3.23. The maximum atomic E-state index is 12.1. The minimum atomic E-state index is -1.14. The third-order valence-electron chi connectivity index (χ3n) is 3.35. The lowest BCUT2D eigenvalue weighted by atomic mass is 10.2. The first-order valence-electron chi connectivity index (χ1n) is 7.53. The van der Waals surface area contributed by atoms with E-state index in [1.165, 1.54) is 12.3 Å². The zero-order valence-corrected chi connectivity index (χ0v) is 14.2. The van der Waals surface area contributed by atoms with Crippen LogP contribution in [-0.2, 0) is 4.74 Å². The van der Waals surface area contributed by atoms with Crippen LogP contribution in [0.2, 0.25) is 0 Å². The summed E-state index contributed by atoms with van der Waals surface area (Å²) in [6, 6.07) is 1.42. The Morgan fingerprint density at radius 1 is 1.20 bits per heavy atom. The summed E-state index contributed by atoms with van der Waals surface area (Å²) in [6.07, 6.45) is 2.25. The van der Waals surface area contributed by atoms with Crippen molar-refractivity contribution in [2.45, 2.75) is 33.3 Å². The number of imidazole rings is 1. The van der Waals surface area contributed by atoms with E-state index in [-0.39, 0.29) is 11.5 Å². The van der Waals surface area contributed by atoms with E-state index in [4.69, 9.17) is 9.84 Å². The standard InChI is InChI=1S/C16H17N5O4/c1-8-17-7-12-13(20-15(24)25-16(2,3)4)19-10-6-18-9(14(22)23)5-11(10)21(8)12/h5-7H,1-4H3,(H,22,23)(H,19,20,24). The summed E-state index contributed by atoms with van der Waals surface area (Å²) in [7, 11) is 0. The number of anilines is 1. The van der Waals surface area contributed by atoms with Gasteiger partial charge in [-0.05, 0) is 33.8 Å². The number of rotatable bonds is 2. The van der Waals surface area contributed by atoms with Gasteiger partial charge in [-0.15, -0.1) is 0 Å². The molecule has 3 heterocycles. The lowest BCUT2D eigenvalue weighted by Gasteiger charge is -2.19. The molecule has 3 aromatic heterocycles. The van der Waals surface area contributed by atoms with E-state index in [2.05, 4.69) is 20.3 Å². The van der Waals surface area contributed by atoms with Gasteiger partial charge in [-0.3, -0.25) is 9.72 Å². The topological polar surface area (TPSA) is 119 Å². The van der Waals surface area contributed by atoms with Gasteiger partial charge in [-0.25, -0.2) is 24.5 Å². The highest BCUT2D eigenvalue weighted by molar-refractivity contribution is 5.95. The van der Waals surface area contributed by atoms with Crippen molar-refractivity contribution >= 4 is 34.4 Å². The summed E-state index contributed by atoms with van der Waals surface area (Å²) in [5, 5.41) is 11.7. The van der Waals surface area contributed by atoms with Gasteiger partial charge in [-0.2, -0.15) is 0 Å². The molecule has 0 atom stereocenters. The quantitative estimate of drug-likeness (QED) is 0.734. The molecule has 0 unspecified atom stereocenters. The smallest absolute Gasteiger partial charge is 0.413 e. The zero-order chi connectivity index (χ0) is 18.4. The number of carboxylic acids is 1.